The molecule has 0 aliphatic rings. The topological polar surface area (TPSA) is 106 Å². The van der Waals surface area contributed by atoms with Crippen LogP contribution in [-0.4, -0.2) is 14.3 Å². The van der Waals surface area contributed by atoms with E-state index in [1.807, 2.05) is 6.07 Å². The highest BCUT2D eigenvalue weighted by Gasteiger charge is 2.15. The smallest absolute Gasteiger partial charge is 0.332 e. The number of nitrogens with zero attached hydrogens (tertiary/aromatic N) is 4. The monoisotopic (exact) mass is 275 g/mol. The van der Waals surface area contributed by atoms with Gasteiger partial charge in [-0.1, -0.05) is 5.16 Å². The molecule has 0 aliphatic carbocycles. The third-order valence-electron chi connectivity index (χ3n) is 2.89. The van der Waals surface area contributed by atoms with Crippen molar-refractivity contribution in [3.63, 3.8) is 0 Å². The van der Waals surface area contributed by atoms with Crippen LogP contribution in [0.2, 0.25) is 0 Å². The molecule has 1 N–H and O–H groups in total. The maximum Gasteiger partial charge on any atom is 0.332 e. The summed E-state index contributed by atoms with van der Waals surface area (Å²) in [6, 6.07) is 3.54. The minimum Gasteiger partial charge on any atom is -0.364 e. The van der Waals surface area contributed by atoms with E-state index in [1.165, 1.54) is 18.7 Å². The number of nitriles is 1. The van der Waals surface area contributed by atoms with E-state index in [2.05, 4.69) is 10.5 Å². The van der Waals surface area contributed by atoms with Crippen LogP contribution in [-0.2, 0) is 20.6 Å². The first-order chi connectivity index (χ1) is 9.45. The summed E-state index contributed by atoms with van der Waals surface area (Å²) in [4.78, 5) is 23.7. The molecule has 0 bridgehead atoms. The van der Waals surface area contributed by atoms with Crippen molar-refractivity contribution in [2.75, 3.05) is 5.32 Å². The average Bonchev–Trinajstić information content (AvgIpc) is 2.84. The van der Waals surface area contributed by atoms with Crippen LogP contribution in [0, 0.1) is 18.3 Å². The number of aromatic nitrogens is 3. The third kappa shape index (κ3) is 2.21. The summed E-state index contributed by atoms with van der Waals surface area (Å²) in [5, 5.41) is 15.8. The fraction of sp³-hybridized carbons (Fsp3) is 0.333. The van der Waals surface area contributed by atoms with E-state index in [0.717, 1.165) is 4.57 Å². The lowest BCUT2D eigenvalue weighted by atomic mass is 10.3. The summed E-state index contributed by atoms with van der Waals surface area (Å²) >= 11 is 0. The summed E-state index contributed by atoms with van der Waals surface area (Å²) in [5.74, 6) is 0.821. The Kier molecular flexibility index (Phi) is 3.43. The summed E-state index contributed by atoms with van der Waals surface area (Å²) in [7, 11) is 2.81. The molecule has 2 rings (SSSR count). The van der Waals surface area contributed by atoms with Crippen LogP contribution in [0.25, 0.3) is 0 Å². The Morgan fingerprint density at radius 2 is 2.10 bits per heavy atom. The molecule has 0 aromatic carbocycles. The molecule has 2 heterocycles. The molecule has 2 aromatic heterocycles. The zero-order valence-corrected chi connectivity index (χ0v) is 11.3. The zero-order chi connectivity index (χ0) is 14.9. The molecule has 0 unspecified atom stereocenters. The first-order valence-electron chi connectivity index (χ1n) is 5.82. The minimum atomic E-state index is -0.630. The molecule has 20 heavy (non-hydrogen) atoms. The van der Waals surface area contributed by atoms with Gasteiger partial charge >= 0.3 is 5.69 Å². The van der Waals surface area contributed by atoms with Gasteiger partial charge in [-0.25, -0.2) is 4.79 Å². The lowest BCUT2D eigenvalue weighted by Gasteiger charge is -2.12. The van der Waals surface area contributed by atoms with Gasteiger partial charge in [-0.05, 0) is 6.92 Å². The van der Waals surface area contributed by atoms with Crippen molar-refractivity contribution in [1.82, 2.24) is 14.3 Å². The van der Waals surface area contributed by atoms with E-state index in [-0.39, 0.29) is 17.9 Å². The van der Waals surface area contributed by atoms with Gasteiger partial charge in [0.1, 0.15) is 23.3 Å². The van der Waals surface area contributed by atoms with Crippen LogP contribution in [0.15, 0.2) is 20.2 Å². The number of hydrogen-bond donors (Lipinski definition) is 1. The van der Waals surface area contributed by atoms with Gasteiger partial charge in [0.15, 0.2) is 5.56 Å². The van der Waals surface area contributed by atoms with Crippen molar-refractivity contribution in [2.24, 2.45) is 14.1 Å². The first kappa shape index (κ1) is 13.6. The molecular weight excluding hydrogens is 262 g/mol. The van der Waals surface area contributed by atoms with E-state index < -0.39 is 11.2 Å². The van der Waals surface area contributed by atoms with Crippen LogP contribution in [0.3, 0.4) is 0 Å². The lowest BCUT2D eigenvalue weighted by Crippen LogP contribution is -2.39. The zero-order valence-electron chi connectivity index (χ0n) is 11.3. The summed E-state index contributed by atoms with van der Waals surface area (Å²) in [6.45, 7) is 2.00. The molecule has 0 atom stereocenters. The van der Waals surface area contributed by atoms with Gasteiger partial charge in [0.2, 0.25) is 0 Å². The standard InChI is InChI=1S/C12H13N5O3/c1-7-4-8(15-20-7)6-14-10-9(5-13)11(18)17(3)12(19)16(10)2/h4,14H,6H2,1-3H3. The van der Waals surface area contributed by atoms with Crippen LogP contribution in [0.1, 0.15) is 17.0 Å². The highest BCUT2D eigenvalue weighted by atomic mass is 16.5. The van der Waals surface area contributed by atoms with Gasteiger partial charge in [0.05, 0.1) is 6.54 Å². The first-order valence-corrected chi connectivity index (χ1v) is 5.82. The molecule has 0 amide bonds. The Morgan fingerprint density at radius 3 is 2.65 bits per heavy atom. The van der Waals surface area contributed by atoms with Gasteiger partial charge in [-0.3, -0.25) is 13.9 Å². The third-order valence-corrected chi connectivity index (χ3v) is 2.89. The predicted octanol–water partition coefficient (Wildman–Crippen LogP) is -0.136. The number of hydrogen-bond acceptors (Lipinski definition) is 6. The fourth-order valence-corrected chi connectivity index (χ4v) is 1.83. The van der Waals surface area contributed by atoms with E-state index >= 15 is 0 Å². The molecular formula is C12H13N5O3. The lowest BCUT2D eigenvalue weighted by molar-refractivity contribution is 0.391. The Labute approximate surface area is 113 Å². The van der Waals surface area contributed by atoms with Crippen molar-refractivity contribution in [2.45, 2.75) is 13.5 Å². The molecule has 0 fully saturated rings. The molecule has 0 saturated heterocycles. The van der Waals surface area contributed by atoms with Crippen LogP contribution in [0.5, 0.6) is 0 Å². The van der Waals surface area contributed by atoms with Crippen molar-refractivity contribution in [3.05, 3.63) is 43.9 Å². The van der Waals surface area contributed by atoms with Crippen LogP contribution in [0.4, 0.5) is 5.82 Å². The highest BCUT2D eigenvalue weighted by Crippen LogP contribution is 2.09. The highest BCUT2D eigenvalue weighted by molar-refractivity contribution is 5.51. The van der Waals surface area contributed by atoms with Crippen molar-refractivity contribution < 1.29 is 4.52 Å². The Bertz CT molecular complexity index is 806. The van der Waals surface area contributed by atoms with Gasteiger partial charge in [-0.15, -0.1) is 0 Å². The van der Waals surface area contributed by atoms with E-state index in [9.17, 15) is 9.59 Å². The quantitative estimate of drug-likeness (QED) is 0.836. The number of nitrogens with one attached hydrogen (secondary N) is 1. The van der Waals surface area contributed by atoms with Crippen molar-refractivity contribution in [3.8, 4) is 6.07 Å². The Balaban J connectivity index is 2.44. The number of anilines is 1. The van der Waals surface area contributed by atoms with Crippen LogP contribution < -0.4 is 16.6 Å². The molecule has 0 saturated carbocycles. The maximum atomic E-state index is 11.9. The minimum absolute atomic E-state index is 0.116. The van der Waals surface area contributed by atoms with Gasteiger partial charge in [0.25, 0.3) is 5.56 Å². The number of rotatable bonds is 3. The molecule has 104 valence electrons. The second kappa shape index (κ2) is 5.05. The predicted molar refractivity (Wildman–Crippen MR) is 70.2 cm³/mol. The molecule has 0 radical (unpaired) electrons. The van der Waals surface area contributed by atoms with Crippen molar-refractivity contribution >= 4 is 5.82 Å². The van der Waals surface area contributed by atoms with Crippen molar-refractivity contribution in [1.29, 1.82) is 5.26 Å². The fourth-order valence-electron chi connectivity index (χ4n) is 1.83. The summed E-state index contributed by atoms with van der Waals surface area (Å²) in [6.07, 6.45) is 0. The second-order valence-corrected chi connectivity index (χ2v) is 4.32. The van der Waals surface area contributed by atoms with E-state index in [4.69, 9.17) is 9.78 Å². The van der Waals surface area contributed by atoms with E-state index in [1.54, 1.807) is 13.0 Å². The maximum absolute atomic E-state index is 11.9. The van der Waals surface area contributed by atoms with Gasteiger partial charge in [0, 0.05) is 20.2 Å². The SMILES string of the molecule is Cc1cc(CNc2c(C#N)c(=O)n(C)c(=O)n2C)no1. The van der Waals surface area contributed by atoms with E-state index in [0.29, 0.717) is 11.5 Å². The second-order valence-electron chi connectivity index (χ2n) is 4.32. The molecule has 0 aliphatic heterocycles. The van der Waals surface area contributed by atoms with Gasteiger partial charge in [-0.2, -0.15) is 5.26 Å². The summed E-state index contributed by atoms with van der Waals surface area (Å²) < 4.78 is 7.02. The Hall–Kier alpha value is -2.82. The van der Waals surface area contributed by atoms with Crippen LogP contribution >= 0.6 is 0 Å². The van der Waals surface area contributed by atoms with Gasteiger partial charge < -0.3 is 9.84 Å². The number of aryl methyl sites for hydroxylation is 1. The summed E-state index contributed by atoms with van der Waals surface area (Å²) in [5.41, 5.74) is -0.642. The molecule has 8 nitrogen and oxygen atoms in total. The Morgan fingerprint density at radius 1 is 1.40 bits per heavy atom. The molecule has 2 aromatic rings. The average molecular weight is 275 g/mol. The normalized spacial score (nSPS) is 10.3. The molecule has 8 heteroatoms. The molecule has 0 spiro atoms. The largest absolute Gasteiger partial charge is 0.364 e.